The van der Waals surface area contributed by atoms with Crippen molar-refractivity contribution in [3.8, 4) is 11.5 Å². The van der Waals surface area contributed by atoms with E-state index in [0.717, 1.165) is 18.7 Å². The summed E-state index contributed by atoms with van der Waals surface area (Å²) in [5.74, 6) is 0.850. The molecule has 0 aromatic heterocycles. The third-order valence-electron chi connectivity index (χ3n) is 4.22. The Labute approximate surface area is 184 Å². The first-order valence-electron chi connectivity index (χ1n) is 10.3. The third-order valence-corrected chi connectivity index (χ3v) is 4.22. The van der Waals surface area contributed by atoms with Gasteiger partial charge >= 0.3 is 0 Å². The molecule has 0 unspecified atom stereocenters. The van der Waals surface area contributed by atoms with Crippen molar-refractivity contribution in [1.82, 2.24) is 15.8 Å². The first kappa shape index (κ1) is 24.0. The molecule has 166 valence electrons. The number of ether oxygens (including phenoxy) is 2. The van der Waals surface area contributed by atoms with Crippen molar-refractivity contribution in [2.24, 2.45) is 0 Å². The predicted molar refractivity (Wildman–Crippen MR) is 121 cm³/mol. The van der Waals surface area contributed by atoms with Crippen LogP contribution in [0.15, 0.2) is 66.7 Å². The van der Waals surface area contributed by atoms with Crippen molar-refractivity contribution in [2.75, 3.05) is 33.9 Å². The van der Waals surface area contributed by atoms with E-state index >= 15 is 0 Å². The van der Waals surface area contributed by atoms with Crippen LogP contribution >= 0.6 is 0 Å². The highest BCUT2D eigenvalue weighted by molar-refractivity contribution is 5.95. The molecule has 0 saturated carbocycles. The molecule has 31 heavy (non-hydrogen) atoms. The number of amides is 2. The summed E-state index contributed by atoms with van der Waals surface area (Å²) in [6, 6.07) is 16.4. The molecule has 0 heterocycles. The van der Waals surface area contributed by atoms with Crippen molar-refractivity contribution in [3.63, 3.8) is 0 Å². The molecule has 2 amide bonds. The standard InChI is InChI=1S/C24H31N3O4/c1-27(2)17-9-19-31-22-15-13-20(14-16-22)24(29)26-25-23(28)12-7-4-8-18-30-21-10-5-3-6-11-21/h3-7,10-11,13-16H,8-9,12,17-19H2,1-2H3,(H,25,28)(H,26,29)/b7-4+. The number of carbonyl (C=O) groups is 2. The van der Waals surface area contributed by atoms with Crippen LogP contribution in [0.5, 0.6) is 11.5 Å². The number of carbonyl (C=O) groups excluding carboxylic acids is 2. The van der Waals surface area contributed by atoms with Crippen LogP contribution in [-0.4, -0.2) is 50.6 Å². The van der Waals surface area contributed by atoms with E-state index in [-0.39, 0.29) is 18.2 Å². The summed E-state index contributed by atoms with van der Waals surface area (Å²) in [5, 5.41) is 0. The fourth-order valence-electron chi connectivity index (χ4n) is 2.59. The molecule has 2 aromatic rings. The normalized spacial score (nSPS) is 10.8. The molecule has 2 aromatic carbocycles. The number of hydrazine groups is 1. The van der Waals surface area contributed by atoms with E-state index in [9.17, 15) is 9.59 Å². The minimum Gasteiger partial charge on any atom is -0.494 e. The Balaban J connectivity index is 1.59. The van der Waals surface area contributed by atoms with Crippen molar-refractivity contribution in [1.29, 1.82) is 0 Å². The zero-order valence-corrected chi connectivity index (χ0v) is 18.2. The maximum absolute atomic E-state index is 12.1. The average Bonchev–Trinajstić information content (AvgIpc) is 2.78. The van der Waals surface area contributed by atoms with Gasteiger partial charge in [-0.15, -0.1) is 0 Å². The van der Waals surface area contributed by atoms with E-state index < -0.39 is 0 Å². The molecule has 0 aliphatic rings. The fourth-order valence-corrected chi connectivity index (χ4v) is 2.59. The highest BCUT2D eigenvalue weighted by Gasteiger charge is 2.07. The van der Waals surface area contributed by atoms with Crippen LogP contribution in [-0.2, 0) is 4.79 Å². The molecule has 7 nitrogen and oxygen atoms in total. The van der Waals surface area contributed by atoms with Crippen molar-refractivity contribution in [3.05, 3.63) is 72.3 Å². The molecule has 0 fully saturated rings. The van der Waals surface area contributed by atoms with Gasteiger partial charge in [-0.1, -0.05) is 30.4 Å². The molecular weight excluding hydrogens is 394 g/mol. The molecule has 0 bridgehead atoms. The van der Waals surface area contributed by atoms with Crippen molar-refractivity contribution in [2.45, 2.75) is 19.3 Å². The van der Waals surface area contributed by atoms with Crippen LogP contribution in [0.1, 0.15) is 29.6 Å². The van der Waals surface area contributed by atoms with Crippen LogP contribution in [0.2, 0.25) is 0 Å². The van der Waals surface area contributed by atoms with Gasteiger partial charge in [0.2, 0.25) is 5.91 Å². The third kappa shape index (κ3) is 10.3. The summed E-state index contributed by atoms with van der Waals surface area (Å²) >= 11 is 0. The summed E-state index contributed by atoms with van der Waals surface area (Å²) in [7, 11) is 4.04. The van der Waals surface area contributed by atoms with E-state index in [1.165, 1.54) is 0 Å². The van der Waals surface area contributed by atoms with Crippen LogP contribution < -0.4 is 20.3 Å². The number of hydrogen-bond donors (Lipinski definition) is 2. The van der Waals surface area contributed by atoms with Crippen LogP contribution in [0, 0.1) is 0 Å². The number of rotatable bonds is 12. The summed E-state index contributed by atoms with van der Waals surface area (Å²) in [6.45, 7) is 2.11. The maximum atomic E-state index is 12.1. The Kier molecular flexibility index (Phi) is 10.7. The molecule has 0 spiro atoms. The fraction of sp³-hybridized carbons (Fsp3) is 0.333. The number of hydrogen-bond acceptors (Lipinski definition) is 5. The van der Waals surface area contributed by atoms with Gasteiger partial charge in [-0.3, -0.25) is 20.4 Å². The minimum absolute atomic E-state index is 0.172. The quantitative estimate of drug-likeness (QED) is 0.310. The first-order chi connectivity index (χ1) is 15.0. The highest BCUT2D eigenvalue weighted by atomic mass is 16.5. The Hall–Kier alpha value is -3.32. The lowest BCUT2D eigenvalue weighted by Crippen LogP contribution is -2.41. The van der Waals surface area contributed by atoms with Crippen LogP contribution in [0.25, 0.3) is 0 Å². The number of benzene rings is 2. The second kappa shape index (κ2) is 13.8. The number of nitrogens with zero attached hydrogens (tertiary/aromatic N) is 1. The Bertz CT molecular complexity index is 820. The molecule has 2 rings (SSSR count). The Morgan fingerprint density at radius 2 is 1.55 bits per heavy atom. The van der Waals surface area contributed by atoms with Gasteiger partial charge < -0.3 is 14.4 Å². The molecule has 0 aliphatic heterocycles. The Morgan fingerprint density at radius 1 is 0.871 bits per heavy atom. The second-order valence-electron chi connectivity index (χ2n) is 7.16. The van der Waals surface area contributed by atoms with Crippen LogP contribution in [0.3, 0.4) is 0 Å². The summed E-state index contributed by atoms with van der Waals surface area (Å²) in [5.41, 5.74) is 5.26. The molecular formula is C24H31N3O4. The molecule has 0 aliphatic carbocycles. The lowest BCUT2D eigenvalue weighted by atomic mass is 10.2. The Morgan fingerprint density at radius 3 is 2.26 bits per heavy atom. The van der Waals surface area contributed by atoms with Gasteiger partial charge in [0.25, 0.3) is 5.91 Å². The van der Waals surface area contributed by atoms with Gasteiger partial charge in [0, 0.05) is 18.5 Å². The highest BCUT2D eigenvalue weighted by Crippen LogP contribution is 2.12. The van der Waals surface area contributed by atoms with Gasteiger partial charge in [0.1, 0.15) is 11.5 Å². The van der Waals surface area contributed by atoms with Crippen LogP contribution in [0.4, 0.5) is 0 Å². The smallest absolute Gasteiger partial charge is 0.269 e. The zero-order valence-electron chi connectivity index (χ0n) is 18.2. The lowest BCUT2D eigenvalue weighted by Gasteiger charge is -2.11. The monoisotopic (exact) mass is 425 g/mol. The summed E-state index contributed by atoms with van der Waals surface area (Å²) < 4.78 is 11.2. The minimum atomic E-state index is -0.382. The van der Waals surface area contributed by atoms with Gasteiger partial charge in [0.15, 0.2) is 0 Å². The van der Waals surface area contributed by atoms with E-state index in [0.29, 0.717) is 30.9 Å². The predicted octanol–water partition coefficient (Wildman–Crippen LogP) is 3.19. The molecule has 0 saturated heterocycles. The molecule has 7 heteroatoms. The molecule has 0 radical (unpaired) electrons. The summed E-state index contributed by atoms with van der Waals surface area (Å²) in [6.07, 6.45) is 5.42. The average molecular weight is 426 g/mol. The molecule has 0 atom stereocenters. The van der Waals surface area contributed by atoms with Crippen molar-refractivity contribution < 1.29 is 19.1 Å². The molecule has 2 N–H and O–H groups in total. The van der Waals surface area contributed by atoms with Gasteiger partial charge in [0.05, 0.1) is 13.2 Å². The topological polar surface area (TPSA) is 79.9 Å². The number of para-hydroxylation sites is 1. The first-order valence-corrected chi connectivity index (χ1v) is 10.3. The van der Waals surface area contributed by atoms with Gasteiger partial charge in [-0.05, 0) is 63.3 Å². The largest absolute Gasteiger partial charge is 0.494 e. The van der Waals surface area contributed by atoms with Gasteiger partial charge in [-0.25, -0.2) is 0 Å². The maximum Gasteiger partial charge on any atom is 0.269 e. The number of nitrogens with one attached hydrogen (secondary N) is 2. The van der Waals surface area contributed by atoms with Gasteiger partial charge in [-0.2, -0.15) is 0 Å². The lowest BCUT2D eigenvalue weighted by molar-refractivity contribution is -0.121. The SMILES string of the molecule is CN(C)CCCOc1ccc(C(=O)NNC(=O)C/C=C/CCOc2ccccc2)cc1. The van der Waals surface area contributed by atoms with E-state index in [1.54, 1.807) is 30.3 Å². The summed E-state index contributed by atoms with van der Waals surface area (Å²) in [4.78, 5) is 26.1. The second-order valence-corrected chi connectivity index (χ2v) is 7.16. The van der Waals surface area contributed by atoms with E-state index in [1.807, 2.05) is 50.5 Å². The van der Waals surface area contributed by atoms with E-state index in [2.05, 4.69) is 15.8 Å². The van der Waals surface area contributed by atoms with E-state index in [4.69, 9.17) is 9.47 Å². The van der Waals surface area contributed by atoms with Crippen molar-refractivity contribution >= 4 is 11.8 Å². The zero-order chi connectivity index (χ0) is 22.3.